The van der Waals surface area contributed by atoms with Gasteiger partial charge in [-0.05, 0) is 45.1 Å². The van der Waals surface area contributed by atoms with Crippen LogP contribution in [0.15, 0.2) is 24.3 Å². The molecule has 0 bridgehead atoms. The van der Waals surface area contributed by atoms with E-state index in [2.05, 4.69) is 18.7 Å². The van der Waals surface area contributed by atoms with E-state index in [4.69, 9.17) is 5.11 Å². The van der Waals surface area contributed by atoms with E-state index >= 15 is 0 Å². The summed E-state index contributed by atoms with van der Waals surface area (Å²) in [6, 6.07) is 7.12. The predicted octanol–water partition coefficient (Wildman–Crippen LogP) is 2.57. The molecule has 0 aromatic heterocycles. The molecule has 0 aliphatic heterocycles. The molecule has 0 heterocycles. The number of carboxylic acids is 1. The number of aromatic carboxylic acids is 1. The standard InChI is InChI=1S/C13H19NO2/c1-5-13(2,14(3)4)11-8-6-10(7-9-11)12(15)16/h6-9H,5H2,1-4H3,(H,15,16). The van der Waals surface area contributed by atoms with Gasteiger partial charge in [0.15, 0.2) is 0 Å². The number of benzene rings is 1. The highest BCUT2D eigenvalue weighted by atomic mass is 16.4. The normalized spacial score (nSPS) is 14.8. The Hall–Kier alpha value is -1.35. The number of hydrogen-bond donors (Lipinski definition) is 1. The van der Waals surface area contributed by atoms with Gasteiger partial charge in [-0.1, -0.05) is 19.1 Å². The van der Waals surface area contributed by atoms with E-state index in [-0.39, 0.29) is 5.54 Å². The Bertz CT molecular complexity index is 370. The van der Waals surface area contributed by atoms with Gasteiger partial charge in [-0.3, -0.25) is 4.90 Å². The summed E-state index contributed by atoms with van der Waals surface area (Å²) in [5.74, 6) is -0.880. The third-order valence-electron chi connectivity index (χ3n) is 3.43. The Kier molecular flexibility index (Phi) is 3.70. The number of carbonyl (C=O) groups is 1. The third-order valence-corrected chi connectivity index (χ3v) is 3.43. The summed E-state index contributed by atoms with van der Waals surface area (Å²) in [6.45, 7) is 4.29. The van der Waals surface area contributed by atoms with E-state index in [9.17, 15) is 4.79 Å². The quantitative estimate of drug-likeness (QED) is 0.849. The highest BCUT2D eigenvalue weighted by Crippen LogP contribution is 2.29. The summed E-state index contributed by atoms with van der Waals surface area (Å²) >= 11 is 0. The smallest absolute Gasteiger partial charge is 0.335 e. The van der Waals surface area contributed by atoms with E-state index in [1.54, 1.807) is 12.1 Å². The van der Waals surface area contributed by atoms with Crippen molar-refractivity contribution >= 4 is 5.97 Å². The monoisotopic (exact) mass is 221 g/mol. The zero-order valence-corrected chi connectivity index (χ0v) is 10.3. The molecule has 3 heteroatoms. The zero-order valence-electron chi connectivity index (χ0n) is 10.3. The van der Waals surface area contributed by atoms with Gasteiger partial charge in [-0.15, -0.1) is 0 Å². The van der Waals surface area contributed by atoms with Crippen molar-refractivity contribution in [1.29, 1.82) is 0 Å². The summed E-state index contributed by atoms with van der Waals surface area (Å²) in [5.41, 5.74) is 1.43. The molecule has 0 aliphatic carbocycles. The van der Waals surface area contributed by atoms with Crippen LogP contribution in [0.1, 0.15) is 36.2 Å². The molecular weight excluding hydrogens is 202 g/mol. The van der Waals surface area contributed by atoms with Crippen molar-refractivity contribution in [3.05, 3.63) is 35.4 Å². The second-order valence-electron chi connectivity index (χ2n) is 4.40. The van der Waals surface area contributed by atoms with Crippen LogP contribution < -0.4 is 0 Å². The molecule has 0 saturated heterocycles. The van der Waals surface area contributed by atoms with Gasteiger partial charge < -0.3 is 5.11 Å². The summed E-state index contributed by atoms with van der Waals surface area (Å²) < 4.78 is 0. The van der Waals surface area contributed by atoms with Crippen LogP contribution >= 0.6 is 0 Å². The maximum absolute atomic E-state index is 10.8. The van der Waals surface area contributed by atoms with Crippen molar-refractivity contribution in [3.63, 3.8) is 0 Å². The fourth-order valence-corrected chi connectivity index (χ4v) is 1.75. The highest BCUT2D eigenvalue weighted by Gasteiger charge is 2.26. The van der Waals surface area contributed by atoms with Crippen LogP contribution in [0.5, 0.6) is 0 Å². The van der Waals surface area contributed by atoms with Gasteiger partial charge in [-0.25, -0.2) is 4.79 Å². The summed E-state index contributed by atoms with van der Waals surface area (Å²) in [6.07, 6.45) is 0.979. The lowest BCUT2D eigenvalue weighted by atomic mass is 9.87. The maximum Gasteiger partial charge on any atom is 0.335 e. The third kappa shape index (κ3) is 2.25. The van der Waals surface area contributed by atoms with Crippen molar-refractivity contribution in [2.45, 2.75) is 25.8 Å². The van der Waals surface area contributed by atoms with E-state index < -0.39 is 5.97 Å². The molecular formula is C13H19NO2. The Morgan fingerprint density at radius 2 is 1.81 bits per heavy atom. The number of nitrogens with zero attached hydrogens (tertiary/aromatic N) is 1. The molecule has 1 aromatic carbocycles. The predicted molar refractivity (Wildman–Crippen MR) is 64.7 cm³/mol. The lowest BCUT2D eigenvalue weighted by Gasteiger charge is -2.36. The van der Waals surface area contributed by atoms with Crippen molar-refractivity contribution < 1.29 is 9.90 Å². The molecule has 1 N–H and O–H groups in total. The molecule has 0 saturated carbocycles. The SMILES string of the molecule is CCC(C)(c1ccc(C(=O)O)cc1)N(C)C. The first kappa shape index (κ1) is 12.7. The van der Waals surface area contributed by atoms with E-state index in [1.807, 2.05) is 26.2 Å². The minimum absolute atomic E-state index is 0.0446. The van der Waals surface area contributed by atoms with Gasteiger partial charge in [0, 0.05) is 5.54 Å². The molecule has 0 radical (unpaired) electrons. The molecule has 0 aliphatic rings. The molecule has 0 fully saturated rings. The van der Waals surface area contributed by atoms with Gasteiger partial charge in [0.1, 0.15) is 0 Å². The molecule has 88 valence electrons. The van der Waals surface area contributed by atoms with Crippen LogP contribution in [-0.2, 0) is 5.54 Å². The van der Waals surface area contributed by atoms with Crippen molar-refractivity contribution in [2.75, 3.05) is 14.1 Å². The first-order valence-corrected chi connectivity index (χ1v) is 5.43. The van der Waals surface area contributed by atoms with Crippen LogP contribution in [-0.4, -0.2) is 30.1 Å². The van der Waals surface area contributed by atoms with Crippen LogP contribution in [0.2, 0.25) is 0 Å². The molecule has 0 spiro atoms. The van der Waals surface area contributed by atoms with Crippen molar-refractivity contribution in [1.82, 2.24) is 4.90 Å². The maximum atomic E-state index is 10.8. The molecule has 1 atom stereocenters. The molecule has 1 rings (SSSR count). The molecule has 3 nitrogen and oxygen atoms in total. The highest BCUT2D eigenvalue weighted by molar-refractivity contribution is 5.87. The van der Waals surface area contributed by atoms with Gasteiger partial charge >= 0.3 is 5.97 Å². The van der Waals surface area contributed by atoms with Gasteiger partial charge in [0.25, 0.3) is 0 Å². The van der Waals surface area contributed by atoms with Gasteiger partial charge in [0.05, 0.1) is 5.56 Å². The van der Waals surface area contributed by atoms with E-state index in [0.717, 1.165) is 12.0 Å². The fraction of sp³-hybridized carbons (Fsp3) is 0.462. The Morgan fingerprint density at radius 3 is 2.12 bits per heavy atom. The number of rotatable bonds is 4. The molecule has 16 heavy (non-hydrogen) atoms. The van der Waals surface area contributed by atoms with E-state index in [1.165, 1.54) is 0 Å². The fourth-order valence-electron chi connectivity index (χ4n) is 1.75. The first-order chi connectivity index (χ1) is 7.41. The van der Waals surface area contributed by atoms with Gasteiger partial charge in [0.2, 0.25) is 0 Å². The average Bonchev–Trinajstić information content (AvgIpc) is 2.27. The Balaban J connectivity index is 3.09. The van der Waals surface area contributed by atoms with Crippen molar-refractivity contribution in [3.8, 4) is 0 Å². The summed E-state index contributed by atoms with van der Waals surface area (Å²) in [7, 11) is 4.07. The zero-order chi connectivity index (χ0) is 12.3. The number of hydrogen-bond acceptors (Lipinski definition) is 2. The van der Waals surface area contributed by atoms with Crippen LogP contribution in [0.3, 0.4) is 0 Å². The van der Waals surface area contributed by atoms with Crippen LogP contribution in [0.25, 0.3) is 0 Å². The minimum atomic E-state index is -0.880. The topological polar surface area (TPSA) is 40.5 Å². The van der Waals surface area contributed by atoms with Crippen LogP contribution in [0, 0.1) is 0 Å². The second kappa shape index (κ2) is 4.66. The van der Waals surface area contributed by atoms with Crippen LogP contribution in [0.4, 0.5) is 0 Å². The molecule has 1 unspecified atom stereocenters. The minimum Gasteiger partial charge on any atom is -0.478 e. The van der Waals surface area contributed by atoms with Crippen molar-refractivity contribution in [2.24, 2.45) is 0 Å². The lowest BCUT2D eigenvalue weighted by Crippen LogP contribution is -2.37. The molecule has 0 amide bonds. The first-order valence-electron chi connectivity index (χ1n) is 5.43. The Labute approximate surface area is 96.7 Å². The lowest BCUT2D eigenvalue weighted by molar-refractivity contribution is 0.0696. The number of carboxylic acid groups (broad SMARTS) is 1. The largest absolute Gasteiger partial charge is 0.478 e. The summed E-state index contributed by atoms with van der Waals surface area (Å²) in [4.78, 5) is 12.9. The molecule has 1 aromatic rings. The second-order valence-corrected chi connectivity index (χ2v) is 4.40. The average molecular weight is 221 g/mol. The van der Waals surface area contributed by atoms with E-state index in [0.29, 0.717) is 5.56 Å². The Morgan fingerprint density at radius 1 is 1.31 bits per heavy atom. The van der Waals surface area contributed by atoms with Gasteiger partial charge in [-0.2, -0.15) is 0 Å². The summed E-state index contributed by atoms with van der Waals surface area (Å²) in [5, 5.41) is 8.83.